The number of aromatic carboxylic acids is 1. The Labute approximate surface area is 112 Å². The van der Waals surface area contributed by atoms with Crippen molar-refractivity contribution in [2.75, 3.05) is 20.3 Å². The topological polar surface area (TPSA) is 49.8 Å². The summed E-state index contributed by atoms with van der Waals surface area (Å²) >= 11 is 0. The standard InChI is InChI=1S/C14H20FNO3/c1-10(2)16(6-7-19-3)9-11-8-12(15)4-5-13(11)14(17)18/h4-5,8,10H,6-7,9H2,1-3H3,(H,17,18). The van der Waals surface area contributed by atoms with Crippen molar-refractivity contribution in [1.29, 1.82) is 0 Å². The van der Waals surface area contributed by atoms with Crippen molar-refractivity contribution in [3.8, 4) is 0 Å². The van der Waals surface area contributed by atoms with Crippen LogP contribution in [0, 0.1) is 5.82 Å². The maximum atomic E-state index is 13.3. The SMILES string of the molecule is COCCN(Cc1cc(F)ccc1C(=O)O)C(C)C. The van der Waals surface area contributed by atoms with Crippen LogP contribution in [0.5, 0.6) is 0 Å². The zero-order chi connectivity index (χ0) is 14.4. The van der Waals surface area contributed by atoms with Gasteiger partial charge in [0.25, 0.3) is 0 Å². The quantitative estimate of drug-likeness (QED) is 0.825. The van der Waals surface area contributed by atoms with Crippen LogP contribution < -0.4 is 0 Å². The molecule has 1 aromatic carbocycles. The van der Waals surface area contributed by atoms with Gasteiger partial charge in [-0.2, -0.15) is 0 Å². The summed E-state index contributed by atoms with van der Waals surface area (Å²) in [5, 5.41) is 9.12. The number of ether oxygens (including phenoxy) is 1. The fourth-order valence-corrected chi connectivity index (χ4v) is 1.85. The van der Waals surface area contributed by atoms with Crippen molar-refractivity contribution in [2.45, 2.75) is 26.4 Å². The number of nitrogens with zero attached hydrogens (tertiary/aromatic N) is 1. The fourth-order valence-electron chi connectivity index (χ4n) is 1.85. The van der Waals surface area contributed by atoms with E-state index in [0.29, 0.717) is 25.3 Å². The Morgan fingerprint density at radius 3 is 2.68 bits per heavy atom. The van der Waals surface area contributed by atoms with E-state index in [1.54, 1.807) is 7.11 Å². The first kappa shape index (κ1) is 15.6. The molecule has 0 atom stereocenters. The van der Waals surface area contributed by atoms with Crippen LogP contribution in [0.1, 0.15) is 29.8 Å². The lowest BCUT2D eigenvalue weighted by molar-refractivity contribution is 0.0692. The van der Waals surface area contributed by atoms with Crippen molar-refractivity contribution in [3.63, 3.8) is 0 Å². The highest BCUT2D eigenvalue weighted by Crippen LogP contribution is 2.15. The van der Waals surface area contributed by atoms with E-state index in [0.717, 1.165) is 0 Å². The summed E-state index contributed by atoms with van der Waals surface area (Å²) < 4.78 is 18.3. The molecule has 0 heterocycles. The number of hydrogen-bond donors (Lipinski definition) is 1. The summed E-state index contributed by atoms with van der Waals surface area (Å²) in [6, 6.07) is 3.98. The maximum Gasteiger partial charge on any atom is 0.336 e. The van der Waals surface area contributed by atoms with Gasteiger partial charge in [0, 0.05) is 26.2 Å². The predicted molar refractivity (Wildman–Crippen MR) is 70.8 cm³/mol. The molecule has 0 aliphatic rings. The van der Waals surface area contributed by atoms with E-state index in [2.05, 4.69) is 0 Å². The van der Waals surface area contributed by atoms with Crippen molar-refractivity contribution >= 4 is 5.97 Å². The molecule has 0 aliphatic carbocycles. The molecule has 0 unspecified atom stereocenters. The van der Waals surface area contributed by atoms with Gasteiger partial charge in [0.05, 0.1) is 12.2 Å². The van der Waals surface area contributed by atoms with Crippen LogP contribution in [0.15, 0.2) is 18.2 Å². The summed E-state index contributed by atoms with van der Waals surface area (Å²) in [5.74, 6) is -1.46. The molecule has 0 saturated heterocycles. The van der Waals surface area contributed by atoms with E-state index in [4.69, 9.17) is 9.84 Å². The second kappa shape index (κ2) is 7.21. The van der Waals surface area contributed by atoms with Crippen LogP contribution in [0.25, 0.3) is 0 Å². The minimum atomic E-state index is -1.04. The lowest BCUT2D eigenvalue weighted by Gasteiger charge is -2.26. The van der Waals surface area contributed by atoms with Gasteiger partial charge in [0.1, 0.15) is 5.82 Å². The third-order valence-electron chi connectivity index (χ3n) is 2.98. The molecule has 0 saturated carbocycles. The first-order valence-electron chi connectivity index (χ1n) is 6.20. The van der Waals surface area contributed by atoms with Gasteiger partial charge in [0.2, 0.25) is 0 Å². The summed E-state index contributed by atoms with van der Waals surface area (Å²) in [7, 11) is 1.61. The fraction of sp³-hybridized carbons (Fsp3) is 0.500. The van der Waals surface area contributed by atoms with Gasteiger partial charge < -0.3 is 9.84 Å². The van der Waals surface area contributed by atoms with E-state index < -0.39 is 11.8 Å². The van der Waals surface area contributed by atoms with Crippen molar-refractivity contribution in [2.24, 2.45) is 0 Å². The Kier molecular flexibility index (Phi) is 5.92. The predicted octanol–water partition coefficient (Wildman–Crippen LogP) is 2.38. The molecule has 0 bridgehead atoms. The van der Waals surface area contributed by atoms with E-state index in [1.807, 2.05) is 18.7 Å². The zero-order valence-corrected chi connectivity index (χ0v) is 11.5. The highest BCUT2D eigenvalue weighted by Gasteiger charge is 2.16. The van der Waals surface area contributed by atoms with Crippen molar-refractivity contribution < 1.29 is 19.0 Å². The Bertz CT molecular complexity index is 435. The normalized spacial score (nSPS) is 11.3. The monoisotopic (exact) mass is 269 g/mol. The van der Waals surface area contributed by atoms with E-state index in [9.17, 15) is 9.18 Å². The largest absolute Gasteiger partial charge is 0.478 e. The zero-order valence-electron chi connectivity index (χ0n) is 11.5. The first-order valence-corrected chi connectivity index (χ1v) is 6.20. The molecular weight excluding hydrogens is 249 g/mol. The van der Waals surface area contributed by atoms with Gasteiger partial charge in [-0.15, -0.1) is 0 Å². The van der Waals surface area contributed by atoms with E-state index in [-0.39, 0.29) is 11.6 Å². The molecule has 0 spiro atoms. The van der Waals surface area contributed by atoms with Crippen molar-refractivity contribution in [1.82, 2.24) is 4.90 Å². The molecule has 5 heteroatoms. The Hall–Kier alpha value is -1.46. The number of benzene rings is 1. The average molecular weight is 269 g/mol. The molecule has 0 radical (unpaired) electrons. The summed E-state index contributed by atoms with van der Waals surface area (Å²) in [6.45, 7) is 5.63. The Balaban J connectivity index is 2.94. The highest BCUT2D eigenvalue weighted by atomic mass is 19.1. The highest BCUT2D eigenvalue weighted by molar-refractivity contribution is 5.89. The second-order valence-corrected chi connectivity index (χ2v) is 4.66. The molecule has 0 fully saturated rings. The molecule has 4 nitrogen and oxygen atoms in total. The molecule has 19 heavy (non-hydrogen) atoms. The summed E-state index contributed by atoms with van der Waals surface area (Å²) in [6.07, 6.45) is 0. The number of hydrogen-bond acceptors (Lipinski definition) is 3. The third kappa shape index (κ3) is 4.61. The van der Waals surface area contributed by atoms with E-state index in [1.165, 1.54) is 18.2 Å². The number of rotatable bonds is 7. The Morgan fingerprint density at radius 1 is 1.47 bits per heavy atom. The molecule has 1 aromatic rings. The molecule has 1 N–H and O–H groups in total. The summed E-state index contributed by atoms with van der Waals surface area (Å²) in [4.78, 5) is 13.2. The number of methoxy groups -OCH3 is 1. The molecule has 0 aromatic heterocycles. The van der Waals surface area contributed by atoms with Crippen LogP contribution in [0.2, 0.25) is 0 Å². The van der Waals surface area contributed by atoms with Crippen molar-refractivity contribution in [3.05, 3.63) is 35.1 Å². The average Bonchev–Trinajstić information content (AvgIpc) is 2.33. The van der Waals surface area contributed by atoms with Gasteiger partial charge in [-0.25, -0.2) is 9.18 Å². The minimum Gasteiger partial charge on any atom is -0.478 e. The number of carboxylic acid groups (broad SMARTS) is 1. The van der Waals surface area contributed by atoms with Crippen LogP contribution >= 0.6 is 0 Å². The lowest BCUT2D eigenvalue weighted by Crippen LogP contribution is -2.33. The summed E-state index contributed by atoms with van der Waals surface area (Å²) in [5.41, 5.74) is 0.627. The van der Waals surface area contributed by atoms with Gasteiger partial charge in [0.15, 0.2) is 0 Å². The number of carbonyl (C=O) groups is 1. The Morgan fingerprint density at radius 2 is 2.16 bits per heavy atom. The molecule has 0 amide bonds. The smallest absolute Gasteiger partial charge is 0.336 e. The van der Waals surface area contributed by atoms with Crippen LogP contribution in [0.4, 0.5) is 4.39 Å². The molecular formula is C14H20FNO3. The van der Waals surface area contributed by atoms with E-state index >= 15 is 0 Å². The molecule has 1 rings (SSSR count). The van der Waals surface area contributed by atoms with Gasteiger partial charge in [-0.05, 0) is 37.6 Å². The maximum absolute atomic E-state index is 13.3. The van der Waals surface area contributed by atoms with Gasteiger partial charge in [-0.3, -0.25) is 4.90 Å². The molecule has 106 valence electrons. The number of carboxylic acids is 1. The van der Waals surface area contributed by atoms with Crippen LogP contribution in [-0.2, 0) is 11.3 Å². The van der Waals surface area contributed by atoms with Crippen LogP contribution in [-0.4, -0.2) is 42.3 Å². The molecule has 0 aliphatic heterocycles. The first-order chi connectivity index (χ1) is 8.95. The van der Waals surface area contributed by atoms with Gasteiger partial charge in [-0.1, -0.05) is 0 Å². The lowest BCUT2D eigenvalue weighted by atomic mass is 10.1. The third-order valence-corrected chi connectivity index (χ3v) is 2.98. The van der Waals surface area contributed by atoms with Crippen LogP contribution in [0.3, 0.4) is 0 Å². The second-order valence-electron chi connectivity index (χ2n) is 4.66. The minimum absolute atomic E-state index is 0.143. The van der Waals surface area contributed by atoms with Gasteiger partial charge >= 0.3 is 5.97 Å². The number of halogens is 1.